The van der Waals surface area contributed by atoms with Gasteiger partial charge in [0.1, 0.15) is 11.9 Å². The molecule has 0 N–H and O–H groups in total. The predicted octanol–water partition coefficient (Wildman–Crippen LogP) is 7.12. The fraction of sp³-hybridized carbons (Fsp3) is 0.448. The zero-order valence-electron chi connectivity index (χ0n) is 20.4. The summed E-state index contributed by atoms with van der Waals surface area (Å²) in [5, 5.41) is 0. The van der Waals surface area contributed by atoms with Crippen LogP contribution in [0.25, 0.3) is 0 Å². The maximum atomic E-state index is 13.4. The molecule has 1 aliphatic carbocycles. The summed E-state index contributed by atoms with van der Waals surface area (Å²) < 4.78 is 10.9. The van der Waals surface area contributed by atoms with Gasteiger partial charge in [0.2, 0.25) is 0 Å². The van der Waals surface area contributed by atoms with Crippen LogP contribution < -0.4 is 4.74 Å². The predicted molar refractivity (Wildman–Crippen MR) is 133 cm³/mol. The highest BCUT2D eigenvalue weighted by atomic mass is 16.7. The summed E-state index contributed by atoms with van der Waals surface area (Å²) in [4.78, 5) is 50.2. The normalized spacial score (nSPS) is 13.7. The van der Waals surface area contributed by atoms with Crippen LogP contribution in [0.15, 0.2) is 42.5 Å². The van der Waals surface area contributed by atoms with Crippen molar-refractivity contribution in [2.75, 3.05) is 0 Å². The van der Waals surface area contributed by atoms with Gasteiger partial charge in [0, 0.05) is 23.1 Å². The van der Waals surface area contributed by atoms with Gasteiger partial charge in [-0.05, 0) is 50.3 Å². The minimum absolute atomic E-state index is 0.0102. The number of aldehydes is 1. The van der Waals surface area contributed by atoms with Crippen LogP contribution in [0.5, 0.6) is 5.75 Å². The van der Waals surface area contributed by atoms with Crippen LogP contribution in [0.3, 0.4) is 0 Å². The lowest BCUT2D eigenvalue weighted by atomic mass is 9.95. The Labute approximate surface area is 207 Å². The number of hydrogen-bond donors (Lipinski definition) is 0. The Kier molecular flexibility index (Phi) is 10.2. The molecule has 6 nitrogen and oxygen atoms in total. The van der Waals surface area contributed by atoms with Gasteiger partial charge in [0.25, 0.3) is 0 Å². The summed E-state index contributed by atoms with van der Waals surface area (Å²) in [6, 6.07) is 10.9. The highest BCUT2D eigenvalue weighted by Crippen LogP contribution is 2.27. The van der Waals surface area contributed by atoms with Gasteiger partial charge in [0.05, 0.1) is 5.56 Å². The monoisotopic (exact) mass is 478 g/mol. The molecule has 0 aliphatic heterocycles. The standard InChI is InChI=1S/C29H34O6/c1-2-3-4-5-9-16-26(31)21-17-18-27(35-29(33)34-23-13-7-6-8-14-23)25(19-21)28(32)24-15-11-10-12-22(24)20-30/h10-12,15,17-20,23H,2-9,13-14,16H2,1H3. The van der Waals surface area contributed by atoms with E-state index in [0.717, 1.165) is 64.2 Å². The second kappa shape index (κ2) is 13.6. The number of Topliss-reactive ketones (excluding diaryl/α,β-unsaturated/α-hetero) is 1. The summed E-state index contributed by atoms with van der Waals surface area (Å²) in [6.45, 7) is 2.14. The molecule has 6 heteroatoms. The van der Waals surface area contributed by atoms with Crippen molar-refractivity contribution in [3.63, 3.8) is 0 Å². The van der Waals surface area contributed by atoms with Crippen LogP contribution in [-0.4, -0.2) is 30.1 Å². The van der Waals surface area contributed by atoms with Gasteiger partial charge in [0.15, 0.2) is 17.9 Å². The Morgan fingerprint density at radius 3 is 2.40 bits per heavy atom. The van der Waals surface area contributed by atoms with Crippen molar-refractivity contribution >= 4 is 24.0 Å². The third-order valence-corrected chi connectivity index (χ3v) is 6.39. The molecule has 0 heterocycles. The smallest absolute Gasteiger partial charge is 0.431 e. The first kappa shape index (κ1) is 26.3. The van der Waals surface area contributed by atoms with E-state index >= 15 is 0 Å². The number of hydrogen-bond acceptors (Lipinski definition) is 6. The lowest BCUT2D eigenvalue weighted by molar-refractivity contribution is 0.0415. The van der Waals surface area contributed by atoms with Crippen LogP contribution >= 0.6 is 0 Å². The molecule has 0 radical (unpaired) electrons. The van der Waals surface area contributed by atoms with E-state index in [4.69, 9.17) is 9.47 Å². The lowest BCUT2D eigenvalue weighted by Gasteiger charge is -2.21. The van der Waals surface area contributed by atoms with E-state index in [2.05, 4.69) is 6.92 Å². The van der Waals surface area contributed by atoms with Crippen molar-refractivity contribution in [1.29, 1.82) is 0 Å². The zero-order chi connectivity index (χ0) is 25.0. The van der Waals surface area contributed by atoms with Gasteiger partial charge in [-0.3, -0.25) is 14.4 Å². The molecular weight excluding hydrogens is 444 g/mol. The molecule has 2 aromatic carbocycles. The Morgan fingerprint density at radius 1 is 0.914 bits per heavy atom. The van der Waals surface area contributed by atoms with Crippen molar-refractivity contribution in [3.8, 4) is 5.75 Å². The second-order valence-electron chi connectivity index (χ2n) is 9.06. The van der Waals surface area contributed by atoms with Crippen LogP contribution in [0, 0.1) is 0 Å². The zero-order valence-corrected chi connectivity index (χ0v) is 20.4. The molecule has 0 spiro atoms. The van der Waals surface area contributed by atoms with Crippen molar-refractivity contribution in [1.82, 2.24) is 0 Å². The van der Waals surface area contributed by atoms with Gasteiger partial charge < -0.3 is 9.47 Å². The highest BCUT2D eigenvalue weighted by molar-refractivity contribution is 6.15. The number of benzene rings is 2. The maximum Gasteiger partial charge on any atom is 0.514 e. The first-order valence-corrected chi connectivity index (χ1v) is 12.7. The molecule has 0 unspecified atom stereocenters. The molecule has 3 rings (SSSR count). The molecule has 0 amide bonds. The lowest BCUT2D eigenvalue weighted by Crippen LogP contribution is -2.23. The van der Waals surface area contributed by atoms with E-state index in [1.807, 2.05) is 0 Å². The topological polar surface area (TPSA) is 86.7 Å². The van der Waals surface area contributed by atoms with Gasteiger partial charge in [-0.25, -0.2) is 4.79 Å². The van der Waals surface area contributed by atoms with E-state index in [-0.39, 0.29) is 34.3 Å². The summed E-state index contributed by atoms with van der Waals surface area (Å²) in [7, 11) is 0. The molecule has 0 bridgehead atoms. The van der Waals surface area contributed by atoms with Crippen molar-refractivity contribution in [3.05, 3.63) is 64.7 Å². The largest absolute Gasteiger partial charge is 0.514 e. The van der Waals surface area contributed by atoms with Crippen LogP contribution in [0.4, 0.5) is 4.79 Å². The van der Waals surface area contributed by atoms with E-state index in [1.165, 1.54) is 12.1 Å². The van der Waals surface area contributed by atoms with Crippen molar-refractivity contribution in [2.24, 2.45) is 0 Å². The van der Waals surface area contributed by atoms with Gasteiger partial charge in [-0.1, -0.05) is 63.3 Å². The number of unbranched alkanes of at least 4 members (excludes halogenated alkanes) is 4. The fourth-order valence-corrected chi connectivity index (χ4v) is 4.39. The first-order chi connectivity index (χ1) is 17.0. The average molecular weight is 479 g/mol. The average Bonchev–Trinajstić information content (AvgIpc) is 2.88. The molecular formula is C29H34O6. The minimum Gasteiger partial charge on any atom is -0.431 e. The summed E-state index contributed by atoms with van der Waals surface area (Å²) in [5.41, 5.74) is 0.829. The SMILES string of the molecule is CCCCCCCC(=O)c1ccc(OC(=O)OC2CCCCC2)c(C(=O)c2ccccc2C=O)c1. The van der Waals surface area contributed by atoms with E-state index in [0.29, 0.717) is 18.3 Å². The summed E-state index contributed by atoms with van der Waals surface area (Å²) >= 11 is 0. The number of carbonyl (C=O) groups is 4. The highest BCUT2D eigenvalue weighted by Gasteiger charge is 2.24. The number of ether oxygens (including phenoxy) is 2. The van der Waals surface area contributed by atoms with Crippen molar-refractivity contribution < 1.29 is 28.7 Å². The van der Waals surface area contributed by atoms with Crippen LogP contribution in [-0.2, 0) is 4.74 Å². The Balaban J connectivity index is 1.83. The van der Waals surface area contributed by atoms with E-state index in [9.17, 15) is 19.2 Å². The van der Waals surface area contributed by atoms with E-state index in [1.54, 1.807) is 30.3 Å². The van der Waals surface area contributed by atoms with Gasteiger partial charge in [-0.2, -0.15) is 0 Å². The number of ketones is 2. The second-order valence-corrected chi connectivity index (χ2v) is 9.06. The third kappa shape index (κ3) is 7.61. The fourth-order valence-electron chi connectivity index (χ4n) is 4.39. The molecule has 186 valence electrons. The molecule has 0 atom stereocenters. The van der Waals surface area contributed by atoms with Crippen LogP contribution in [0.1, 0.15) is 114 Å². The molecule has 35 heavy (non-hydrogen) atoms. The summed E-state index contributed by atoms with van der Waals surface area (Å²) in [6.07, 6.45) is 9.75. The van der Waals surface area contributed by atoms with Crippen molar-refractivity contribution in [2.45, 2.75) is 83.7 Å². The van der Waals surface area contributed by atoms with Gasteiger partial charge in [-0.15, -0.1) is 0 Å². The van der Waals surface area contributed by atoms with Crippen LogP contribution in [0.2, 0.25) is 0 Å². The third-order valence-electron chi connectivity index (χ3n) is 6.39. The molecule has 2 aromatic rings. The Bertz CT molecular complexity index is 1040. The van der Waals surface area contributed by atoms with E-state index < -0.39 is 11.9 Å². The minimum atomic E-state index is -0.871. The molecule has 0 aromatic heterocycles. The summed E-state index contributed by atoms with van der Waals surface area (Å²) in [5.74, 6) is -0.558. The quantitative estimate of drug-likeness (QED) is 0.106. The first-order valence-electron chi connectivity index (χ1n) is 12.7. The Hall–Kier alpha value is -3.28. The molecule has 0 saturated heterocycles. The molecule has 1 fully saturated rings. The number of rotatable bonds is 12. The number of carbonyl (C=O) groups excluding carboxylic acids is 4. The maximum absolute atomic E-state index is 13.4. The molecule has 1 saturated carbocycles. The Morgan fingerprint density at radius 2 is 1.66 bits per heavy atom. The van der Waals surface area contributed by atoms with Gasteiger partial charge >= 0.3 is 6.16 Å². The molecule has 1 aliphatic rings.